The number of hydrogen-bond acceptors (Lipinski definition) is 6. The van der Waals surface area contributed by atoms with Crippen LogP contribution in [0.1, 0.15) is 10.4 Å². The largest absolute Gasteiger partial charge is 0.497 e. The summed E-state index contributed by atoms with van der Waals surface area (Å²) in [6.07, 6.45) is 1.52. The molecule has 4 N–H and O–H groups in total. The van der Waals surface area contributed by atoms with E-state index in [1.54, 1.807) is 31.4 Å². The number of carbonyl (C=O) groups excluding carboxylic acids is 1. The molecule has 0 saturated carbocycles. The van der Waals surface area contributed by atoms with Crippen LogP contribution in [-0.4, -0.2) is 23.0 Å². The Bertz CT molecular complexity index is 1170. The number of ether oxygens (including phenoxy) is 1. The Kier molecular flexibility index (Phi) is 5.75. The van der Waals surface area contributed by atoms with Crippen molar-refractivity contribution in [1.82, 2.24) is 9.97 Å². The molecule has 0 aliphatic heterocycles. The lowest BCUT2D eigenvalue weighted by atomic mass is 10.1. The molecule has 0 radical (unpaired) electrons. The topological polar surface area (TPSA) is 102 Å². The maximum absolute atomic E-state index is 12.3. The predicted octanol–water partition coefficient (Wildman–Crippen LogP) is 4.73. The number of nitrogen functional groups attached to an aromatic ring is 1. The number of nitrogens with zero attached hydrogens (tertiary/aromatic N) is 2. The molecule has 0 aliphatic carbocycles. The van der Waals surface area contributed by atoms with E-state index in [1.165, 1.54) is 6.33 Å². The zero-order valence-electron chi connectivity index (χ0n) is 16.9. The van der Waals surface area contributed by atoms with Crippen LogP contribution < -0.4 is 21.1 Å². The minimum absolute atomic E-state index is 0.194. The monoisotopic (exact) mass is 411 g/mol. The van der Waals surface area contributed by atoms with Gasteiger partial charge in [-0.1, -0.05) is 0 Å². The van der Waals surface area contributed by atoms with E-state index in [4.69, 9.17) is 10.5 Å². The van der Waals surface area contributed by atoms with Crippen molar-refractivity contribution in [2.24, 2.45) is 0 Å². The third-order valence-corrected chi connectivity index (χ3v) is 4.64. The van der Waals surface area contributed by atoms with E-state index in [-0.39, 0.29) is 5.91 Å². The molecular weight excluding hydrogens is 390 g/mol. The van der Waals surface area contributed by atoms with Crippen LogP contribution in [0.3, 0.4) is 0 Å². The number of methoxy groups -OCH3 is 1. The van der Waals surface area contributed by atoms with Gasteiger partial charge in [0.05, 0.1) is 12.8 Å². The van der Waals surface area contributed by atoms with Gasteiger partial charge in [0.15, 0.2) is 0 Å². The van der Waals surface area contributed by atoms with Crippen molar-refractivity contribution in [3.63, 3.8) is 0 Å². The number of amides is 1. The highest BCUT2D eigenvalue weighted by Crippen LogP contribution is 2.24. The van der Waals surface area contributed by atoms with E-state index in [2.05, 4.69) is 20.6 Å². The second-order valence-corrected chi connectivity index (χ2v) is 6.80. The van der Waals surface area contributed by atoms with Crippen LogP contribution in [0.4, 0.5) is 22.9 Å². The molecule has 4 aromatic rings. The second kappa shape index (κ2) is 8.96. The molecular formula is C24H21N5O2. The fraction of sp³-hybridized carbons (Fsp3) is 0.0417. The van der Waals surface area contributed by atoms with Gasteiger partial charge in [0.1, 0.15) is 17.9 Å². The molecule has 31 heavy (non-hydrogen) atoms. The number of anilines is 4. The minimum Gasteiger partial charge on any atom is -0.497 e. The number of carbonyl (C=O) groups is 1. The Labute approximate surface area is 179 Å². The predicted molar refractivity (Wildman–Crippen MR) is 123 cm³/mol. The standard InChI is InChI=1S/C24H21N5O2/c1-31-21-12-4-16(5-13-21)22-14-23(27-15-26-22)28-19-8-10-20(11-9-19)29-24(30)17-2-6-18(25)7-3-17/h2-15H,25H2,1H3,(H,29,30)(H,26,27,28). The van der Waals surface area contributed by atoms with Gasteiger partial charge in [-0.25, -0.2) is 9.97 Å². The van der Waals surface area contributed by atoms with Crippen molar-refractivity contribution < 1.29 is 9.53 Å². The van der Waals surface area contributed by atoms with Gasteiger partial charge in [-0.15, -0.1) is 0 Å². The first-order valence-electron chi connectivity index (χ1n) is 9.61. The van der Waals surface area contributed by atoms with Crippen LogP contribution >= 0.6 is 0 Å². The first-order chi connectivity index (χ1) is 15.1. The first-order valence-corrected chi connectivity index (χ1v) is 9.61. The lowest BCUT2D eigenvalue weighted by Gasteiger charge is -2.09. The average molecular weight is 411 g/mol. The van der Waals surface area contributed by atoms with Crippen molar-refractivity contribution in [2.45, 2.75) is 0 Å². The third kappa shape index (κ3) is 4.97. The lowest BCUT2D eigenvalue weighted by Crippen LogP contribution is -2.11. The molecule has 7 nitrogen and oxygen atoms in total. The van der Waals surface area contributed by atoms with Gasteiger partial charge in [0.2, 0.25) is 0 Å². The minimum atomic E-state index is -0.194. The Morgan fingerprint density at radius 3 is 2.23 bits per heavy atom. The Morgan fingerprint density at radius 2 is 1.55 bits per heavy atom. The summed E-state index contributed by atoms with van der Waals surface area (Å²) in [5.74, 6) is 1.26. The third-order valence-electron chi connectivity index (χ3n) is 4.64. The highest BCUT2D eigenvalue weighted by Gasteiger charge is 2.07. The average Bonchev–Trinajstić information content (AvgIpc) is 2.81. The second-order valence-electron chi connectivity index (χ2n) is 6.80. The molecule has 1 heterocycles. The quantitative estimate of drug-likeness (QED) is 0.397. The summed E-state index contributed by atoms with van der Waals surface area (Å²) < 4.78 is 5.19. The van der Waals surface area contributed by atoms with E-state index in [0.717, 1.165) is 22.7 Å². The summed E-state index contributed by atoms with van der Waals surface area (Å²) >= 11 is 0. The van der Waals surface area contributed by atoms with Crippen LogP contribution in [0.25, 0.3) is 11.3 Å². The molecule has 154 valence electrons. The van der Waals surface area contributed by atoms with Gasteiger partial charge < -0.3 is 21.1 Å². The molecule has 0 unspecified atom stereocenters. The van der Waals surface area contributed by atoms with E-state index < -0.39 is 0 Å². The smallest absolute Gasteiger partial charge is 0.255 e. The van der Waals surface area contributed by atoms with Crippen molar-refractivity contribution in [2.75, 3.05) is 23.5 Å². The normalized spacial score (nSPS) is 10.4. The Balaban J connectivity index is 1.43. The van der Waals surface area contributed by atoms with Crippen molar-refractivity contribution in [3.05, 3.63) is 90.8 Å². The molecule has 3 aromatic carbocycles. The summed E-state index contributed by atoms with van der Waals surface area (Å²) in [4.78, 5) is 20.9. The van der Waals surface area contributed by atoms with Gasteiger partial charge in [0.25, 0.3) is 5.91 Å². The van der Waals surface area contributed by atoms with Crippen LogP contribution in [0.15, 0.2) is 85.2 Å². The summed E-state index contributed by atoms with van der Waals surface area (Å²) in [6, 6.07) is 23.7. The maximum Gasteiger partial charge on any atom is 0.255 e. The van der Waals surface area contributed by atoms with E-state index in [0.29, 0.717) is 22.8 Å². The van der Waals surface area contributed by atoms with Gasteiger partial charge in [-0.2, -0.15) is 0 Å². The van der Waals surface area contributed by atoms with Crippen LogP contribution in [0.2, 0.25) is 0 Å². The SMILES string of the molecule is COc1ccc(-c2cc(Nc3ccc(NC(=O)c4ccc(N)cc4)cc3)ncn2)cc1. The maximum atomic E-state index is 12.3. The molecule has 0 fully saturated rings. The van der Waals surface area contributed by atoms with E-state index in [1.807, 2.05) is 54.6 Å². The molecule has 0 aliphatic rings. The molecule has 0 bridgehead atoms. The van der Waals surface area contributed by atoms with Gasteiger partial charge in [0, 0.05) is 34.3 Å². The van der Waals surface area contributed by atoms with Crippen molar-refractivity contribution in [3.8, 4) is 17.0 Å². The summed E-state index contributed by atoms with van der Waals surface area (Å²) in [5.41, 5.74) is 10.1. The highest BCUT2D eigenvalue weighted by atomic mass is 16.5. The molecule has 0 saturated heterocycles. The summed E-state index contributed by atoms with van der Waals surface area (Å²) in [5, 5.41) is 6.12. The number of nitrogens with two attached hydrogens (primary N) is 1. The zero-order valence-corrected chi connectivity index (χ0v) is 16.9. The molecule has 0 spiro atoms. The number of nitrogens with one attached hydrogen (secondary N) is 2. The fourth-order valence-electron chi connectivity index (χ4n) is 2.97. The lowest BCUT2D eigenvalue weighted by molar-refractivity contribution is 0.102. The van der Waals surface area contributed by atoms with Crippen LogP contribution in [0.5, 0.6) is 5.75 Å². The summed E-state index contributed by atoms with van der Waals surface area (Å²) in [7, 11) is 1.64. The van der Waals surface area contributed by atoms with Crippen molar-refractivity contribution >= 4 is 28.8 Å². The van der Waals surface area contributed by atoms with Crippen LogP contribution in [0, 0.1) is 0 Å². The summed E-state index contributed by atoms with van der Waals surface area (Å²) in [6.45, 7) is 0. The number of benzene rings is 3. The molecule has 1 amide bonds. The molecule has 1 aromatic heterocycles. The Morgan fingerprint density at radius 1 is 0.871 bits per heavy atom. The molecule has 4 rings (SSSR count). The van der Waals surface area contributed by atoms with Gasteiger partial charge in [-0.3, -0.25) is 4.79 Å². The zero-order chi connectivity index (χ0) is 21.6. The molecule has 0 atom stereocenters. The van der Waals surface area contributed by atoms with Gasteiger partial charge in [-0.05, 0) is 72.8 Å². The molecule has 7 heteroatoms. The fourth-order valence-corrected chi connectivity index (χ4v) is 2.97. The van der Waals surface area contributed by atoms with E-state index >= 15 is 0 Å². The highest BCUT2D eigenvalue weighted by molar-refractivity contribution is 6.04. The first kappa shape index (κ1) is 19.9. The van der Waals surface area contributed by atoms with E-state index in [9.17, 15) is 4.79 Å². The van der Waals surface area contributed by atoms with Gasteiger partial charge >= 0.3 is 0 Å². The van der Waals surface area contributed by atoms with Crippen LogP contribution in [-0.2, 0) is 0 Å². The Hall–Kier alpha value is -4.39. The number of hydrogen-bond donors (Lipinski definition) is 3. The number of aromatic nitrogens is 2. The number of rotatable bonds is 6. The van der Waals surface area contributed by atoms with Crippen molar-refractivity contribution in [1.29, 1.82) is 0 Å².